The summed E-state index contributed by atoms with van der Waals surface area (Å²) in [6.07, 6.45) is 65.6. The van der Waals surface area contributed by atoms with Crippen molar-refractivity contribution in [1.29, 1.82) is 0 Å². The molecule has 6 heteroatoms. The Morgan fingerprint density at radius 3 is 0.954 bits per heavy atom. The van der Waals surface area contributed by atoms with Gasteiger partial charge in [0.15, 0.2) is 6.10 Å². The average molecular weight is 911 g/mol. The van der Waals surface area contributed by atoms with Crippen molar-refractivity contribution in [2.45, 2.75) is 297 Å². The van der Waals surface area contributed by atoms with Crippen molar-refractivity contribution < 1.29 is 28.6 Å². The minimum atomic E-state index is -0.777. The molecular formula is C59H106O6. The van der Waals surface area contributed by atoms with Gasteiger partial charge in [0.05, 0.1) is 0 Å². The van der Waals surface area contributed by atoms with E-state index in [1.165, 1.54) is 154 Å². The molecule has 0 aliphatic rings. The molecule has 378 valence electrons. The Hall–Kier alpha value is -2.63. The summed E-state index contributed by atoms with van der Waals surface area (Å²) < 4.78 is 16.8. The van der Waals surface area contributed by atoms with Crippen LogP contribution in [0.15, 0.2) is 48.6 Å². The van der Waals surface area contributed by atoms with Crippen LogP contribution in [0, 0.1) is 0 Å². The van der Waals surface area contributed by atoms with Crippen molar-refractivity contribution >= 4 is 17.9 Å². The lowest BCUT2D eigenvalue weighted by Crippen LogP contribution is -2.30. The molecule has 1 atom stereocenters. The largest absolute Gasteiger partial charge is 0.462 e. The Kier molecular flexibility index (Phi) is 51.8. The van der Waals surface area contributed by atoms with Crippen LogP contribution >= 0.6 is 0 Å². The van der Waals surface area contributed by atoms with Crippen molar-refractivity contribution in [1.82, 2.24) is 0 Å². The maximum atomic E-state index is 12.8. The van der Waals surface area contributed by atoms with Gasteiger partial charge in [-0.15, -0.1) is 0 Å². The summed E-state index contributed by atoms with van der Waals surface area (Å²) in [5.41, 5.74) is 0. The van der Waals surface area contributed by atoms with E-state index < -0.39 is 6.10 Å². The van der Waals surface area contributed by atoms with Crippen LogP contribution in [-0.2, 0) is 28.6 Å². The van der Waals surface area contributed by atoms with Gasteiger partial charge in [0.25, 0.3) is 0 Å². The van der Waals surface area contributed by atoms with Crippen LogP contribution in [0.1, 0.15) is 290 Å². The molecule has 1 unspecified atom stereocenters. The van der Waals surface area contributed by atoms with E-state index in [0.29, 0.717) is 19.3 Å². The second-order valence-electron chi connectivity index (χ2n) is 18.8. The topological polar surface area (TPSA) is 78.9 Å². The number of allylic oxidation sites excluding steroid dienone is 8. The zero-order valence-corrected chi connectivity index (χ0v) is 43.3. The number of carbonyl (C=O) groups is 3. The number of carbonyl (C=O) groups excluding carboxylic acids is 3. The molecule has 0 heterocycles. The van der Waals surface area contributed by atoms with Gasteiger partial charge in [0, 0.05) is 19.3 Å². The summed E-state index contributed by atoms with van der Waals surface area (Å²) in [5.74, 6) is -0.893. The van der Waals surface area contributed by atoms with Crippen molar-refractivity contribution in [2.24, 2.45) is 0 Å². The number of esters is 3. The predicted molar refractivity (Wildman–Crippen MR) is 279 cm³/mol. The molecule has 0 saturated heterocycles. The summed E-state index contributed by atoms with van der Waals surface area (Å²) in [7, 11) is 0. The van der Waals surface area contributed by atoms with Crippen molar-refractivity contribution in [3.63, 3.8) is 0 Å². The third kappa shape index (κ3) is 52.2. The van der Waals surface area contributed by atoms with Gasteiger partial charge in [0.2, 0.25) is 0 Å². The standard InChI is InChI=1S/C59H106O6/c1-4-7-10-13-16-18-20-22-24-25-26-27-28-29-30-31-32-33-35-36-38-40-43-46-49-52-58(61)64-55-56(54-63-57(60)51-48-45-42-15-12-9-6-3)65-59(62)53-50-47-44-41-39-37-34-23-21-19-17-14-11-8-5-2/h8,11,17,19,23,25-26,34,56H,4-7,9-10,12-16,18,20-22,24,27-33,35-55H2,1-3H3/b11-8-,19-17-,26-25-,34-23-. The van der Waals surface area contributed by atoms with Crippen LogP contribution in [0.2, 0.25) is 0 Å². The molecule has 0 aromatic rings. The zero-order chi connectivity index (χ0) is 47.2. The fourth-order valence-electron chi connectivity index (χ4n) is 8.10. The Labute approximate surface area is 403 Å². The van der Waals surface area contributed by atoms with Gasteiger partial charge in [-0.1, -0.05) is 243 Å². The Balaban J connectivity index is 4.13. The lowest BCUT2D eigenvalue weighted by Gasteiger charge is -2.18. The highest BCUT2D eigenvalue weighted by Gasteiger charge is 2.19. The monoisotopic (exact) mass is 911 g/mol. The molecule has 0 radical (unpaired) electrons. The molecule has 0 aliphatic carbocycles. The van der Waals surface area contributed by atoms with Gasteiger partial charge in [0.1, 0.15) is 13.2 Å². The molecule has 0 saturated carbocycles. The average Bonchev–Trinajstić information content (AvgIpc) is 3.30. The summed E-state index contributed by atoms with van der Waals surface area (Å²) in [6, 6.07) is 0. The first-order valence-electron chi connectivity index (χ1n) is 28.1. The summed E-state index contributed by atoms with van der Waals surface area (Å²) in [5, 5.41) is 0. The van der Waals surface area contributed by atoms with Crippen LogP contribution in [0.25, 0.3) is 0 Å². The molecule has 6 nitrogen and oxygen atoms in total. The van der Waals surface area contributed by atoms with Crippen LogP contribution in [0.4, 0.5) is 0 Å². The first kappa shape index (κ1) is 62.4. The van der Waals surface area contributed by atoms with Crippen molar-refractivity contribution in [2.75, 3.05) is 13.2 Å². The van der Waals surface area contributed by atoms with Crippen molar-refractivity contribution in [3.8, 4) is 0 Å². The van der Waals surface area contributed by atoms with E-state index in [-0.39, 0.29) is 31.1 Å². The van der Waals surface area contributed by atoms with Crippen LogP contribution in [-0.4, -0.2) is 37.2 Å². The smallest absolute Gasteiger partial charge is 0.306 e. The van der Waals surface area contributed by atoms with E-state index in [9.17, 15) is 14.4 Å². The van der Waals surface area contributed by atoms with Gasteiger partial charge in [-0.2, -0.15) is 0 Å². The molecule has 0 N–H and O–H groups in total. The first-order chi connectivity index (χ1) is 32.0. The van der Waals surface area contributed by atoms with E-state index in [1.807, 2.05) is 0 Å². The van der Waals surface area contributed by atoms with E-state index in [0.717, 1.165) is 96.3 Å². The normalized spacial score (nSPS) is 12.4. The Morgan fingerprint density at radius 1 is 0.323 bits per heavy atom. The van der Waals surface area contributed by atoms with Gasteiger partial charge in [-0.3, -0.25) is 14.4 Å². The second kappa shape index (κ2) is 54.0. The van der Waals surface area contributed by atoms with Crippen LogP contribution < -0.4 is 0 Å². The third-order valence-corrected chi connectivity index (χ3v) is 12.3. The SMILES string of the molecule is CC/C=C\C/C=C\C/C=C\CCCCCCCC(=O)OC(COC(=O)CCCCCCCCC)COC(=O)CCCCCCCCCCCCCCC/C=C\CCCCCCCCCC. The first-order valence-corrected chi connectivity index (χ1v) is 28.1. The quantitative estimate of drug-likeness (QED) is 0.0262. The molecule has 0 bridgehead atoms. The Bertz CT molecular complexity index is 1140. The maximum Gasteiger partial charge on any atom is 0.306 e. The fraction of sp³-hybridized carbons (Fsp3) is 0.814. The minimum absolute atomic E-state index is 0.0781. The number of unbranched alkanes of at least 4 members (excludes halogenated alkanes) is 32. The third-order valence-electron chi connectivity index (χ3n) is 12.3. The predicted octanol–water partition coefficient (Wildman–Crippen LogP) is 18.7. The molecule has 0 rings (SSSR count). The molecule has 0 spiro atoms. The Morgan fingerprint density at radius 2 is 0.600 bits per heavy atom. The lowest BCUT2D eigenvalue weighted by atomic mass is 10.0. The van der Waals surface area contributed by atoms with E-state index >= 15 is 0 Å². The molecule has 0 aromatic carbocycles. The summed E-state index contributed by atoms with van der Waals surface area (Å²) in [4.78, 5) is 37.9. The molecule has 0 amide bonds. The highest BCUT2D eigenvalue weighted by atomic mass is 16.6. The maximum absolute atomic E-state index is 12.8. The number of ether oxygens (including phenoxy) is 3. The molecule has 65 heavy (non-hydrogen) atoms. The van der Waals surface area contributed by atoms with Gasteiger partial charge in [-0.05, 0) is 77.0 Å². The summed E-state index contributed by atoms with van der Waals surface area (Å²) >= 11 is 0. The van der Waals surface area contributed by atoms with E-state index in [1.54, 1.807) is 0 Å². The van der Waals surface area contributed by atoms with Crippen LogP contribution in [0.5, 0.6) is 0 Å². The lowest BCUT2D eigenvalue weighted by molar-refractivity contribution is -0.167. The van der Waals surface area contributed by atoms with Gasteiger partial charge < -0.3 is 14.2 Å². The van der Waals surface area contributed by atoms with Gasteiger partial charge >= 0.3 is 17.9 Å². The number of rotatable bonds is 51. The molecular weight excluding hydrogens is 805 g/mol. The van der Waals surface area contributed by atoms with Crippen molar-refractivity contribution in [3.05, 3.63) is 48.6 Å². The molecule has 0 aliphatic heterocycles. The van der Waals surface area contributed by atoms with E-state index in [4.69, 9.17) is 14.2 Å². The number of hydrogen-bond donors (Lipinski definition) is 0. The molecule has 0 fully saturated rings. The fourth-order valence-corrected chi connectivity index (χ4v) is 8.10. The highest BCUT2D eigenvalue weighted by Crippen LogP contribution is 2.16. The van der Waals surface area contributed by atoms with Gasteiger partial charge in [-0.25, -0.2) is 0 Å². The number of hydrogen-bond acceptors (Lipinski definition) is 6. The van der Waals surface area contributed by atoms with Crippen LogP contribution in [0.3, 0.4) is 0 Å². The second-order valence-corrected chi connectivity index (χ2v) is 18.8. The summed E-state index contributed by atoms with van der Waals surface area (Å²) in [6.45, 7) is 6.49. The highest BCUT2D eigenvalue weighted by molar-refractivity contribution is 5.71. The van der Waals surface area contributed by atoms with E-state index in [2.05, 4.69) is 69.4 Å². The molecule has 0 aromatic heterocycles. The minimum Gasteiger partial charge on any atom is -0.462 e. The zero-order valence-electron chi connectivity index (χ0n) is 43.3.